The lowest BCUT2D eigenvalue weighted by molar-refractivity contribution is 0.318. The predicted molar refractivity (Wildman–Crippen MR) is 128 cm³/mol. The molecule has 0 saturated carbocycles. The number of ether oxygens (including phenoxy) is 2. The summed E-state index contributed by atoms with van der Waals surface area (Å²) in [5, 5.41) is 7.93. The van der Waals surface area contributed by atoms with Gasteiger partial charge in [0.2, 0.25) is 5.89 Å². The Bertz CT molecular complexity index is 1350. The van der Waals surface area contributed by atoms with Crippen LogP contribution >= 0.6 is 0 Å². The Balaban J connectivity index is 1.66. The van der Waals surface area contributed by atoms with Crippen LogP contribution < -0.4 is 13.8 Å². The van der Waals surface area contributed by atoms with Crippen LogP contribution in [0.3, 0.4) is 0 Å². The molecule has 1 heterocycles. The summed E-state index contributed by atoms with van der Waals surface area (Å²) in [6, 6.07) is 21.0. The molecule has 4 rings (SSSR count). The maximum atomic E-state index is 13.7. The monoisotopic (exact) mass is 479 g/mol. The summed E-state index contributed by atoms with van der Waals surface area (Å²) in [6.07, 6.45) is 0.572. The number of hydrogen-bond donors (Lipinski definition) is 0. The molecule has 0 atom stereocenters. The Morgan fingerprint density at radius 3 is 2.26 bits per heavy atom. The van der Waals surface area contributed by atoms with Gasteiger partial charge in [-0.2, -0.15) is 0 Å². The quantitative estimate of drug-likeness (QED) is 0.328. The largest absolute Gasteiger partial charge is 0.497 e. The van der Waals surface area contributed by atoms with Crippen LogP contribution in [-0.2, 0) is 23.0 Å². The van der Waals surface area contributed by atoms with Crippen molar-refractivity contribution in [1.82, 2.24) is 10.2 Å². The standard InChI is InChI=1S/C25H25N3O5S/c1-4-19-7-5-6-8-23(19)28(34(29,30)22-15-9-18(2)10-16-22)17-24-26-27-25(33-24)32-21-13-11-20(31-3)12-14-21/h5-16H,4,17H2,1-3H3. The fourth-order valence-electron chi connectivity index (χ4n) is 3.40. The third-order valence-electron chi connectivity index (χ3n) is 5.24. The van der Waals surface area contributed by atoms with Crippen molar-refractivity contribution in [3.63, 3.8) is 0 Å². The molecule has 0 aliphatic carbocycles. The molecule has 34 heavy (non-hydrogen) atoms. The second-order valence-corrected chi connectivity index (χ2v) is 9.41. The zero-order valence-electron chi connectivity index (χ0n) is 19.1. The number of sulfonamides is 1. The number of hydrogen-bond acceptors (Lipinski definition) is 7. The van der Waals surface area contributed by atoms with Crippen LogP contribution in [0.25, 0.3) is 0 Å². The third kappa shape index (κ3) is 5.04. The van der Waals surface area contributed by atoms with E-state index in [1.807, 2.05) is 26.0 Å². The van der Waals surface area contributed by atoms with Crippen LogP contribution in [-0.4, -0.2) is 25.7 Å². The molecule has 4 aromatic rings. The minimum Gasteiger partial charge on any atom is -0.497 e. The fourth-order valence-corrected chi connectivity index (χ4v) is 4.85. The number of rotatable bonds is 9. The highest BCUT2D eigenvalue weighted by Crippen LogP contribution is 2.30. The Hall–Kier alpha value is -3.85. The summed E-state index contributed by atoms with van der Waals surface area (Å²) in [7, 11) is -2.33. The minimum absolute atomic E-state index is 0.0865. The Kier molecular flexibility index (Phi) is 6.83. The van der Waals surface area contributed by atoms with Crippen molar-refractivity contribution in [3.8, 4) is 17.6 Å². The second-order valence-electron chi connectivity index (χ2n) is 7.55. The van der Waals surface area contributed by atoms with E-state index in [0.717, 1.165) is 11.1 Å². The molecule has 3 aromatic carbocycles. The van der Waals surface area contributed by atoms with E-state index in [0.29, 0.717) is 23.6 Å². The van der Waals surface area contributed by atoms with Gasteiger partial charge in [-0.15, -0.1) is 5.10 Å². The number of benzene rings is 3. The van der Waals surface area contributed by atoms with Crippen molar-refractivity contribution in [3.05, 3.63) is 89.8 Å². The first-order valence-corrected chi connectivity index (χ1v) is 12.2. The maximum absolute atomic E-state index is 13.7. The Labute approximate surface area is 198 Å². The van der Waals surface area contributed by atoms with Gasteiger partial charge < -0.3 is 13.9 Å². The average Bonchev–Trinajstić information content (AvgIpc) is 3.30. The van der Waals surface area contributed by atoms with E-state index in [4.69, 9.17) is 13.9 Å². The molecule has 0 aliphatic heterocycles. The normalized spacial score (nSPS) is 11.3. The summed E-state index contributed by atoms with van der Waals surface area (Å²) >= 11 is 0. The topological polar surface area (TPSA) is 94.8 Å². The summed E-state index contributed by atoms with van der Waals surface area (Å²) in [5.74, 6) is 1.27. The predicted octanol–water partition coefficient (Wildman–Crippen LogP) is 5.14. The van der Waals surface area contributed by atoms with E-state index in [2.05, 4.69) is 10.2 Å². The van der Waals surface area contributed by atoms with Crippen molar-refractivity contribution >= 4 is 15.7 Å². The molecular formula is C25H25N3O5S. The van der Waals surface area contributed by atoms with Gasteiger partial charge in [0.05, 0.1) is 17.7 Å². The summed E-state index contributed by atoms with van der Waals surface area (Å²) in [6.45, 7) is 3.73. The molecule has 0 amide bonds. The van der Waals surface area contributed by atoms with Gasteiger partial charge in [0.1, 0.15) is 18.0 Å². The van der Waals surface area contributed by atoms with E-state index in [9.17, 15) is 8.42 Å². The van der Waals surface area contributed by atoms with Crippen molar-refractivity contribution < 1.29 is 22.3 Å². The zero-order chi connectivity index (χ0) is 24.1. The van der Waals surface area contributed by atoms with Crippen molar-refractivity contribution in [1.29, 1.82) is 0 Å². The van der Waals surface area contributed by atoms with Gasteiger partial charge in [0, 0.05) is 0 Å². The van der Waals surface area contributed by atoms with Crippen LogP contribution in [0.4, 0.5) is 5.69 Å². The SMILES string of the molecule is CCc1ccccc1N(Cc1nnc(Oc2ccc(OC)cc2)o1)S(=O)(=O)c1ccc(C)cc1. The molecule has 0 radical (unpaired) electrons. The Morgan fingerprint density at radius 1 is 0.912 bits per heavy atom. The summed E-state index contributed by atoms with van der Waals surface area (Å²) < 4.78 is 45.0. The van der Waals surface area contributed by atoms with Gasteiger partial charge >= 0.3 is 6.08 Å². The van der Waals surface area contributed by atoms with Crippen molar-refractivity contribution in [2.24, 2.45) is 0 Å². The van der Waals surface area contributed by atoms with Crippen LogP contribution in [0.2, 0.25) is 0 Å². The number of nitrogens with zero attached hydrogens (tertiary/aromatic N) is 3. The first kappa shape index (κ1) is 23.3. The molecule has 9 heteroatoms. The first-order chi connectivity index (χ1) is 16.4. The van der Waals surface area contributed by atoms with Crippen LogP contribution in [0.15, 0.2) is 82.1 Å². The van der Waals surface area contributed by atoms with Gasteiger partial charge in [-0.1, -0.05) is 47.9 Å². The summed E-state index contributed by atoms with van der Waals surface area (Å²) in [4.78, 5) is 0.179. The van der Waals surface area contributed by atoms with Gasteiger partial charge in [0.15, 0.2) is 0 Å². The van der Waals surface area contributed by atoms with E-state index in [-0.39, 0.29) is 23.4 Å². The van der Waals surface area contributed by atoms with Gasteiger partial charge in [0.25, 0.3) is 10.0 Å². The number of methoxy groups -OCH3 is 1. The maximum Gasteiger partial charge on any atom is 0.420 e. The van der Waals surface area contributed by atoms with E-state index < -0.39 is 10.0 Å². The fraction of sp³-hybridized carbons (Fsp3) is 0.200. The summed E-state index contributed by atoms with van der Waals surface area (Å²) in [5.41, 5.74) is 2.41. The number of aryl methyl sites for hydroxylation is 2. The number of para-hydroxylation sites is 1. The van der Waals surface area contributed by atoms with Crippen LogP contribution in [0.1, 0.15) is 23.9 Å². The molecule has 1 aromatic heterocycles. The lowest BCUT2D eigenvalue weighted by Gasteiger charge is -2.25. The number of anilines is 1. The third-order valence-corrected chi connectivity index (χ3v) is 7.02. The number of aromatic nitrogens is 2. The molecule has 0 fully saturated rings. The van der Waals surface area contributed by atoms with Gasteiger partial charge in [-0.3, -0.25) is 4.31 Å². The molecule has 0 spiro atoms. The average molecular weight is 480 g/mol. The van der Waals surface area contributed by atoms with Crippen LogP contribution in [0, 0.1) is 6.92 Å². The lowest BCUT2D eigenvalue weighted by atomic mass is 10.1. The molecule has 0 saturated heterocycles. The molecular weight excluding hydrogens is 454 g/mol. The van der Waals surface area contributed by atoms with Crippen molar-refractivity contribution in [2.45, 2.75) is 31.7 Å². The van der Waals surface area contributed by atoms with Gasteiger partial charge in [-0.05, 0) is 61.4 Å². The molecule has 0 aliphatic rings. The zero-order valence-corrected chi connectivity index (χ0v) is 20.0. The van der Waals surface area contributed by atoms with E-state index in [1.165, 1.54) is 4.31 Å². The van der Waals surface area contributed by atoms with E-state index in [1.54, 1.807) is 67.8 Å². The molecule has 8 nitrogen and oxygen atoms in total. The molecule has 0 unspecified atom stereocenters. The highest BCUT2D eigenvalue weighted by Gasteiger charge is 2.28. The molecule has 176 valence electrons. The smallest absolute Gasteiger partial charge is 0.420 e. The first-order valence-electron chi connectivity index (χ1n) is 10.7. The lowest BCUT2D eigenvalue weighted by Crippen LogP contribution is -2.31. The van der Waals surface area contributed by atoms with Crippen molar-refractivity contribution in [2.75, 3.05) is 11.4 Å². The van der Waals surface area contributed by atoms with Crippen LogP contribution in [0.5, 0.6) is 17.6 Å². The Morgan fingerprint density at radius 2 is 1.59 bits per heavy atom. The minimum atomic E-state index is -3.91. The van der Waals surface area contributed by atoms with Gasteiger partial charge in [-0.25, -0.2) is 8.42 Å². The molecule has 0 bridgehead atoms. The second kappa shape index (κ2) is 9.96. The van der Waals surface area contributed by atoms with E-state index >= 15 is 0 Å². The highest BCUT2D eigenvalue weighted by molar-refractivity contribution is 7.92. The molecule has 0 N–H and O–H groups in total. The highest BCUT2D eigenvalue weighted by atomic mass is 32.2.